The molecule has 2 heterocycles. The average Bonchev–Trinajstić information content (AvgIpc) is 3.09. The van der Waals surface area contributed by atoms with E-state index in [0.29, 0.717) is 21.2 Å². The van der Waals surface area contributed by atoms with E-state index in [1.165, 1.54) is 36.4 Å². The Morgan fingerprint density at radius 1 is 0.607 bits per heavy atom. The summed E-state index contributed by atoms with van der Waals surface area (Å²) in [6.45, 7) is -1.42. The van der Waals surface area contributed by atoms with E-state index in [1.54, 1.807) is 0 Å². The minimum atomic E-state index is -0.712. The minimum absolute atomic E-state index is 0.115. The highest BCUT2D eigenvalue weighted by Crippen LogP contribution is 2.30. The van der Waals surface area contributed by atoms with E-state index >= 15 is 0 Å². The number of azo groups is 1. The fourth-order valence-electron chi connectivity index (χ4n) is 3.05. The Balaban J connectivity index is 1.62. The molecule has 0 aliphatic carbocycles. The third-order valence-electron chi connectivity index (χ3n) is 4.47. The van der Waals surface area contributed by atoms with E-state index in [0.717, 1.165) is 0 Å². The van der Waals surface area contributed by atoms with Gasteiger partial charge in [-0.05, 0) is 36.4 Å². The first-order valence-corrected chi connectivity index (χ1v) is 8.10. The van der Waals surface area contributed by atoms with Gasteiger partial charge < -0.3 is 10.2 Å². The molecule has 0 aromatic heterocycles. The number of benzene rings is 2. The van der Waals surface area contributed by atoms with Crippen LogP contribution in [-0.4, -0.2) is 57.1 Å². The Bertz CT molecular complexity index is 1010. The summed E-state index contributed by atoms with van der Waals surface area (Å²) in [4.78, 5) is 49.5. The van der Waals surface area contributed by atoms with Crippen LogP contribution in [-0.2, 0) is 0 Å². The molecule has 140 valence electrons. The molecule has 2 aliphatic rings. The summed E-state index contributed by atoms with van der Waals surface area (Å²) >= 11 is 0. The number of rotatable bonds is 4. The van der Waals surface area contributed by atoms with Gasteiger partial charge in [0.1, 0.15) is 13.5 Å². The highest BCUT2D eigenvalue weighted by atomic mass is 16.3. The molecule has 0 fully saturated rings. The van der Waals surface area contributed by atoms with Gasteiger partial charge in [-0.1, -0.05) is 0 Å². The highest BCUT2D eigenvalue weighted by Gasteiger charge is 2.36. The maximum atomic E-state index is 12.1. The Morgan fingerprint density at radius 2 is 0.964 bits per heavy atom. The van der Waals surface area contributed by atoms with E-state index in [-0.39, 0.29) is 22.3 Å². The lowest BCUT2D eigenvalue weighted by atomic mass is 10.1. The lowest BCUT2D eigenvalue weighted by Gasteiger charge is -2.07. The van der Waals surface area contributed by atoms with E-state index < -0.39 is 37.1 Å². The number of hydrogen-bond donors (Lipinski definition) is 2. The molecule has 2 aliphatic heterocycles. The third-order valence-corrected chi connectivity index (χ3v) is 4.47. The molecule has 28 heavy (non-hydrogen) atoms. The molecule has 0 radical (unpaired) electrons. The van der Waals surface area contributed by atoms with Crippen molar-refractivity contribution in [1.82, 2.24) is 9.80 Å². The predicted molar refractivity (Wildman–Crippen MR) is 92.2 cm³/mol. The van der Waals surface area contributed by atoms with E-state index in [1.807, 2.05) is 0 Å². The molecule has 0 spiro atoms. The summed E-state index contributed by atoms with van der Waals surface area (Å²) in [5.74, 6) is -2.40. The van der Waals surface area contributed by atoms with Crippen LogP contribution in [0.1, 0.15) is 41.4 Å². The van der Waals surface area contributed by atoms with Gasteiger partial charge in [0.25, 0.3) is 23.6 Å². The molecule has 10 heteroatoms. The first kappa shape index (κ1) is 17.6. The number of nitrogens with zero attached hydrogens (tertiary/aromatic N) is 4. The minimum Gasteiger partial charge on any atom is -0.376 e. The van der Waals surface area contributed by atoms with Gasteiger partial charge in [0, 0.05) is 0 Å². The number of aliphatic hydroxyl groups excluding tert-OH is 2. The number of imide groups is 2. The zero-order chi connectivity index (χ0) is 20.0. The summed E-state index contributed by atoms with van der Waals surface area (Å²) in [5.41, 5.74) is 1.15. The van der Waals surface area contributed by atoms with Crippen molar-refractivity contribution < 1.29 is 29.4 Å². The van der Waals surface area contributed by atoms with Crippen LogP contribution in [0.4, 0.5) is 11.4 Å². The van der Waals surface area contributed by atoms with Crippen LogP contribution in [0.5, 0.6) is 0 Å². The van der Waals surface area contributed by atoms with Crippen molar-refractivity contribution in [3.8, 4) is 0 Å². The summed E-state index contributed by atoms with van der Waals surface area (Å²) < 4.78 is 0. The quantitative estimate of drug-likeness (QED) is 0.603. The van der Waals surface area contributed by atoms with Crippen LogP contribution in [0.3, 0.4) is 0 Å². The fourth-order valence-corrected chi connectivity index (χ4v) is 3.05. The van der Waals surface area contributed by atoms with Crippen molar-refractivity contribution in [2.24, 2.45) is 10.2 Å². The van der Waals surface area contributed by atoms with E-state index in [4.69, 9.17) is 10.2 Å². The molecule has 0 bridgehead atoms. The van der Waals surface area contributed by atoms with Gasteiger partial charge in [0.05, 0.1) is 33.6 Å². The van der Waals surface area contributed by atoms with Crippen LogP contribution < -0.4 is 0 Å². The van der Waals surface area contributed by atoms with Crippen molar-refractivity contribution >= 4 is 35.0 Å². The topological polar surface area (TPSA) is 140 Å². The largest absolute Gasteiger partial charge is 0.376 e. The Kier molecular flexibility index (Phi) is 4.06. The fraction of sp³-hybridized carbons (Fsp3) is 0.111. The summed E-state index contributed by atoms with van der Waals surface area (Å²) in [6.07, 6.45) is 0. The Labute approximate surface area is 157 Å². The van der Waals surface area contributed by atoms with Gasteiger partial charge in [0.15, 0.2) is 0 Å². The molecule has 0 atom stereocenters. The molecular formula is C18H12N4O6. The molecule has 4 amide bonds. The van der Waals surface area contributed by atoms with Gasteiger partial charge >= 0.3 is 0 Å². The molecule has 2 aromatic carbocycles. The third kappa shape index (κ3) is 2.51. The number of fused-ring (bicyclic) bond motifs is 2. The lowest BCUT2D eigenvalue weighted by Crippen LogP contribution is -2.30. The zero-order valence-electron chi connectivity index (χ0n) is 14.2. The van der Waals surface area contributed by atoms with Gasteiger partial charge in [-0.25, -0.2) is 0 Å². The molecule has 0 saturated carbocycles. The van der Waals surface area contributed by atoms with Crippen molar-refractivity contribution in [3.63, 3.8) is 0 Å². The van der Waals surface area contributed by atoms with Gasteiger partial charge in [-0.15, -0.1) is 0 Å². The van der Waals surface area contributed by atoms with Crippen LogP contribution in [0.15, 0.2) is 46.6 Å². The number of carbonyl (C=O) groups excluding carboxylic acids is 4. The number of hydrogen-bond acceptors (Lipinski definition) is 8. The molecule has 4 rings (SSSR count). The van der Waals surface area contributed by atoms with Gasteiger partial charge in [-0.2, -0.15) is 10.2 Å². The van der Waals surface area contributed by atoms with Crippen LogP contribution >= 0.6 is 0 Å². The molecule has 2 N–H and O–H groups in total. The summed E-state index contributed by atoms with van der Waals surface area (Å²) in [6, 6.07) is 8.58. The second kappa shape index (κ2) is 6.44. The SMILES string of the molecule is O=C1c2ccc(N=Nc3ccc4c(c3)C(=O)N(CO)C4=O)cc2C(=O)N1CO. The molecule has 0 saturated heterocycles. The second-order valence-electron chi connectivity index (χ2n) is 6.02. The summed E-state index contributed by atoms with van der Waals surface area (Å²) in [5, 5.41) is 26.2. The Morgan fingerprint density at radius 3 is 1.32 bits per heavy atom. The van der Waals surface area contributed by atoms with Crippen LogP contribution in [0.2, 0.25) is 0 Å². The summed E-state index contributed by atoms with van der Waals surface area (Å²) in [7, 11) is 0. The molecule has 2 aromatic rings. The molecular weight excluding hydrogens is 368 g/mol. The predicted octanol–water partition coefficient (Wildman–Crippen LogP) is 1.19. The first-order valence-electron chi connectivity index (χ1n) is 8.10. The van der Waals surface area contributed by atoms with Gasteiger partial charge in [0.2, 0.25) is 0 Å². The van der Waals surface area contributed by atoms with Crippen LogP contribution in [0.25, 0.3) is 0 Å². The van der Waals surface area contributed by atoms with Crippen molar-refractivity contribution in [1.29, 1.82) is 0 Å². The normalized spacial score (nSPS) is 15.8. The zero-order valence-corrected chi connectivity index (χ0v) is 14.2. The molecule has 10 nitrogen and oxygen atoms in total. The van der Waals surface area contributed by atoms with Crippen molar-refractivity contribution in [3.05, 3.63) is 58.7 Å². The second-order valence-corrected chi connectivity index (χ2v) is 6.02. The van der Waals surface area contributed by atoms with E-state index in [2.05, 4.69) is 10.2 Å². The standard InChI is InChI=1S/C18H12N4O6/c23-7-21-15(25)11-3-1-9(5-13(11)17(21)27)19-20-10-2-4-12-14(6-10)18(28)22(8-24)16(12)26/h1-6,23-24H,7-8H2. The maximum Gasteiger partial charge on any atom is 0.263 e. The Hall–Kier alpha value is -3.76. The van der Waals surface area contributed by atoms with Crippen molar-refractivity contribution in [2.45, 2.75) is 0 Å². The number of aliphatic hydroxyl groups is 2. The average molecular weight is 380 g/mol. The first-order chi connectivity index (χ1) is 13.5. The molecule has 0 unspecified atom stereocenters. The smallest absolute Gasteiger partial charge is 0.263 e. The van der Waals surface area contributed by atoms with Gasteiger partial charge in [-0.3, -0.25) is 29.0 Å². The van der Waals surface area contributed by atoms with E-state index in [9.17, 15) is 19.2 Å². The lowest BCUT2D eigenvalue weighted by molar-refractivity contribution is 0.0472. The highest BCUT2D eigenvalue weighted by molar-refractivity contribution is 6.22. The number of carbonyl (C=O) groups is 4. The monoisotopic (exact) mass is 380 g/mol. The van der Waals surface area contributed by atoms with Crippen LogP contribution in [0, 0.1) is 0 Å². The number of amides is 4. The maximum absolute atomic E-state index is 12.1. The van der Waals surface area contributed by atoms with Crippen molar-refractivity contribution in [2.75, 3.05) is 13.5 Å².